The minimum atomic E-state index is -0.635. The normalized spacial score (nSPS) is 16.4. The number of hydrogen-bond donors (Lipinski definition) is 0. The first kappa shape index (κ1) is 40.1. The van der Waals surface area contributed by atoms with Crippen LogP contribution in [0.25, 0.3) is 55.3 Å². The molecule has 0 spiro atoms. The molecule has 1 heterocycles. The minimum Gasteiger partial charge on any atom is -0.455 e. The number of nitrogens with zero attached hydrogens (tertiary/aromatic N) is 1. The Kier molecular flexibility index (Phi) is 9.06. The molecule has 11 aromatic carbocycles. The summed E-state index contributed by atoms with van der Waals surface area (Å²) in [7, 11) is 0. The van der Waals surface area contributed by atoms with E-state index in [1.165, 1.54) is 66.8 Å². The fourth-order valence-corrected chi connectivity index (χ4v) is 12.4. The lowest BCUT2D eigenvalue weighted by Crippen LogP contribution is -2.44. The van der Waals surface area contributed by atoms with Gasteiger partial charge in [-0.05, 0) is 115 Å². The Morgan fingerprint density at radius 1 is 0.271 bits per heavy atom. The van der Waals surface area contributed by atoms with Gasteiger partial charge >= 0.3 is 0 Å². The van der Waals surface area contributed by atoms with Crippen molar-refractivity contribution in [1.29, 1.82) is 0 Å². The molecule has 14 rings (SSSR count). The van der Waals surface area contributed by atoms with E-state index in [1.807, 2.05) is 12.1 Å². The molecule has 0 N–H and O–H groups in total. The summed E-state index contributed by atoms with van der Waals surface area (Å²) >= 11 is 0. The zero-order chi connectivity index (χ0) is 46.2. The highest BCUT2D eigenvalue weighted by atomic mass is 16.3. The second-order valence-corrected chi connectivity index (χ2v) is 18.7. The largest absolute Gasteiger partial charge is 0.455 e. The molecule has 2 atom stereocenters. The summed E-state index contributed by atoms with van der Waals surface area (Å²) in [4.78, 5) is 2.38. The molecule has 2 nitrogen and oxygen atoms in total. The second-order valence-electron chi connectivity index (χ2n) is 18.7. The summed E-state index contributed by atoms with van der Waals surface area (Å²) < 4.78 is 6.50. The quantitative estimate of drug-likeness (QED) is 0.151. The number of fused-ring (bicyclic) bond motifs is 8. The zero-order valence-corrected chi connectivity index (χ0v) is 38.3. The van der Waals surface area contributed by atoms with Gasteiger partial charge in [0, 0.05) is 33.4 Å². The molecule has 0 amide bonds. The molecule has 70 heavy (non-hydrogen) atoms. The smallest absolute Gasteiger partial charge is 0.143 e. The van der Waals surface area contributed by atoms with Gasteiger partial charge in [0.05, 0.1) is 10.8 Å². The van der Waals surface area contributed by atoms with Crippen LogP contribution in [0.5, 0.6) is 0 Å². The third-order valence-electron chi connectivity index (χ3n) is 15.2. The molecule has 12 aromatic rings. The van der Waals surface area contributed by atoms with Crippen LogP contribution in [0, 0.1) is 0 Å². The van der Waals surface area contributed by atoms with E-state index in [1.54, 1.807) is 0 Å². The van der Waals surface area contributed by atoms with Gasteiger partial charge < -0.3 is 9.32 Å². The second kappa shape index (κ2) is 15.8. The third kappa shape index (κ3) is 5.74. The average Bonchev–Trinajstić information content (AvgIpc) is 3.98. The molecule has 0 saturated carbocycles. The molecule has 1 aromatic heterocycles. The predicted octanol–water partition coefficient (Wildman–Crippen LogP) is 17.4. The average molecular weight is 892 g/mol. The Balaban J connectivity index is 0.957. The highest BCUT2D eigenvalue weighted by molar-refractivity contribution is 6.09. The zero-order valence-electron chi connectivity index (χ0n) is 38.3. The molecule has 0 radical (unpaired) electrons. The SMILES string of the molecule is c1ccc(-c2ccc(N(c3ccc(-c4cccc5c4oc4ccccc45)cc3)c3ccc(C4(c5ccccc5)c5ccccc5C5(c6ccccc6)c6ccccc6-c6cccc4c65)cc3)cc2)cc1. The fourth-order valence-electron chi connectivity index (χ4n) is 12.4. The Hall–Kier alpha value is -8.98. The van der Waals surface area contributed by atoms with Gasteiger partial charge in [-0.1, -0.05) is 231 Å². The molecule has 328 valence electrons. The Bertz CT molecular complexity index is 3910. The van der Waals surface area contributed by atoms with Crippen LogP contribution in [-0.4, -0.2) is 0 Å². The molecule has 2 aliphatic rings. The highest BCUT2D eigenvalue weighted by Crippen LogP contribution is 2.65. The number of hydrogen-bond acceptors (Lipinski definition) is 2. The summed E-state index contributed by atoms with van der Waals surface area (Å²) in [6, 6.07) is 100. The van der Waals surface area contributed by atoms with Crippen LogP contribution in [0.3, 0.4) is 0 Å². The van der Waals surface area contributed by atoms with Crippen LogP contribution in [-0.2, 0) is 10.8 Å². The summed E-state index contributed by atoms with van der Waals surface area (Å²) in [5.74, 6) is 0. The third-order valence-corrected chi connectivity index (χ3v) is 15.2. The van der Waals surface area contributed by atoms with Crippen LogP contribution in [0.4, 0.5) is 17.1 Å². The number of anilines is 3. The van der Waals surface area contributed by atoms with Crippen molar-refractivity contribution in [2.75, 3.05) is 4.90 Å². The molecular weight excluding hydrogens is 847 g/mol. The van der Waals surface area contributed by atoms with Crippen molar-refractivity contribution in [3.8, 4) is 33.4 Å². The Morgan fingerprint density at radius 2 is 0.714 bits per heavy atom. The van der Waals surface area contributed by atoms with Crippen molar-refractivity contribution in [3.63, 3.8) is 0 Å². The standard InChI is InChI=1S/C68H45NO/c1-4-18-46(19-5-1)47-34-40-52(41-35-47)69(53-42-36-48(37-43-53)55-26-16-28-59-57-25-11-15-33-64(57)70-66(55)59)54-44-38-51(39-45-54)67(49-20-6-2-7-21-49)61-30-13-14-31-62(61)68(50-22-8-3-9-23-50)60-29-12-10-24-56(60)58-27-17-32-63(67)65(58)68/h1-45H. The first-order valence-electron chi connectivity index (χ1n) is 24.2. The van der Waals surface area contributed by atoms with Gasteiger partial charge in [0.2, 0.25) is 0 Å². The first-order valence-corrected chi connectivity index (χ1v) is 24.2. The van der Waals surface area contributed by atoms with Gasteiger partial charge in [0.1, 0.15) is 11.2 Å². The van der Waals surface area contributed by atoms with Crippen LogP contribution >= 0.6 is 0 Å². The van der Waals surface area contributed by atoms with Gasteiger partial charge in [0.15, 0.2) is 0 Å². The minimum absolute atomic E-state index is 0.497. The van der Waals surface area contributed by atoms with Gasteiger partial charge in [-0.15, -0.1) is 0 Å². The van der Waals surface area contributed by atoms with Gasteiger partial charge in [-0.25, -0.2) is 0 Å². The van der Waals surface area contributed by atoms with Crippen molar-refractivity contribution < 1.29 is 4.42 Å². The van der Waals surface area contributed by atoms with E-state index in [4.69, 9.17) is 4.42 Å². The lowest BCUT2D eigenvalue weighted by Gasteiger charge is -2.49. The summed E-state index contributed by atoms with van der Waals surface area (Å²) in [5.41, 5.74) is 21.4. The van der Waals surface area contributed by atoms with Crippen molar-refractivity contribution >= 4 is 39.0 Å². The van der Waals surface area contributed by atoms with Crippen molar-refractivity contribution in [1.82, 2.24) is 0 Å². The van der Waals surface area contributed by atoms with Gasteiger partial charge in [0.25, 0.3) is 0 Å². The van der Waals surface area contributed by atoms with Crippen LogP contribution in [0.2, 0.25) is 0 Å². The van der Waals surface area contributed by atoms with E-state index in [0.717, 1.165) is 50.1 Å². The van der Waals surface area contributed by atoms with Crippen molar-refractivity contribution in [2.24, 2.45) is 0 Å². The maximum Gasteiger partial charge on any atom is 0.143 e. The molecule has 2 aliphatic carbocycles. The lowest BCUT2D eigenvalue weighted by atomic mass is 9.52. The van der Waals surface area contributed by atoms with Crippen molar-refractivity contribution in [3.05, 3.63) is 317 Å². The van der Waals surface area contributed by atoms with Gasteiger partial charge in [-0.2, -0.15) is 0 Å². The molecular formula is C68H45NO. The summed E-state index contributed by atoms with van der Waals surface area (Å²) in [6.07, 6.45) is 0. The highest BCUT2D eigenvalue weighted by Gasteiger charge is 2.57. The maximum atomic E-state index is 6.50. The summed E-state index contributed by atoms with van der Waals surface area (Å²) in [5, 5.41) is 2.26. The number of para-hydroxylation sites is 2. The van der Waals surface area contributed by atoms with E-state index in [2.05, 4.69) is 266 Å². The van der Waals surface area contributed by atoms with E-state index in [0.29, 0.717) is 0 Å². The number of rotatable bonds is 8. The Morgan fingerprint density at radius 3 is 1.40 bits per heavy atom. The summed E-state index contributed by atoms with van der Waals surface area (Å²) in [6.45, 7) is 0. The molecule has 0 bridgehead atoms. The van der Waals surface area contributed by atoms with Crippen LogP contribution in [0.15, 0.2) is 277 Å². The monoisotopic (exact) mass is 891 g/mol. The van der Waals surface area contributed by atoms with E-state index in [-0.39, 0.29) is 0 Å². The molecule has 2 heteroatoms. The topological polar surface area (TPSA) is 16.4 Å². The fraction of sp³-hybridized carbons (Fsp3) is 0.0294. The van der Waals surface area contributed by atoms with E-state index in [9.17, 15) is 0 Å². The van der Waals surface area contributed by atoms with E-state index < -0.39 is 10.8 Å². The molecule has 0 aliphatic heterocycles. The molecule has 0 saturated heterocycles. The number of furan rings is 1. The first-order chi connectivity index (χ1) is 34.7. The predicted molar refractivity (Wildman–Crippen MR) is 288 cm³/mol. The van der Waals surface area contributed by atoms with Crippen molar-refractivity contribution in [2.45, 2.75) is 10.8 Å². The van der Waals surface area contributed by atoms with Gasteiger partial charge in [-0.3, -0.25) is 0 Å². The van der Waals surface area contributed by atoms with E-state index >= 15 is 0 Å². The lowest BCUT2D eigenvalue weighted by molar-refractivity contribution is 0.626. The molecule has 0 fully saturated rings. The van der Waals surface area contributed by atoms with Crippen LogP contribution < -0.4 is 4.90 Å². The Labute approximate surface area is 408 Å². The molecule has 2 unspecified atom stereocenters. The number of benzene rings is 11. The maximum absolute atomic E-state index is 6.50. The van der Waals surface area contributed by atoms with Crippen LogP contribution in [0.1, 0.15) is 44.5 Å².